The number of aromatic nitrogens is 1. The Morgan fingerprint density at radius 1 is 1.35 bits per heavy atom. The number of para-hydroxylation sites is 1. The Kier molecular flexibility index (Phi) is 2.78. The van der Waals surface area contributed by atoms with Crippen molar-refractivity contribution in [2.45, 2.75) is 6.92 Å². The molecule has 0 atom stereocenters. The van der Waals surface area contributed by atoms with Crippen LogP contribution in [0.5, 0.6) is 11.6 Å². The van der Waals surface area contributed by atoms with Gasteiger partial charge < -0.3 is 9.84 Å². The number of hydrogen-bond donors (Lipinski definition) is 1. The highest BCUT2D eigenvalue weighted by Gasteiger charge is 2.08. The minimum Gasteiger partial charge on any atom is -0.506 e. The number of pyridine rings is 1. The summed E-state index contributed by atoms with van der Waals surface area (Å²) < 4.78 is 4.98. The third-order valence-electron chi connectivity index (χ3n) is 2.22. The van der Waals surface area contributed by atoms with E-state index in [2.05, 4.69) is 11.6 Å². The van der Waals surface area contributed by atoms with E-state index in [1.165, 1.54) is 6.07 Å². The first kappa shape index (κ1) is 11.1. The Morgan fingerprint density at radius 3 is 2.82 bits per heavy atom. The highest BCUT2D eigenvalue weighted by molar-refractivity contribution is 5.89. The topological polar surface area (TPSA) is 59.4 Å². The van der Waals surface area contributed by atoms with Gasteiger partial charge >= 0.3 is 5.97 Å². The summed E-state index contributed by atoms with van der Waals surface area (Å²) in [5.74, 6) is -0.338. The van der Waals surface area contributed by atoms with E-state index in [4.69, 9.17) is 4.74 Å². The Morgan fingerprint density at radius 2 is 2.12 bits per heavy atom. The van der Waals surface area contributed by atoms with Gasteiger partial charge in [0.2, 0.25) is 5.88 Å². The second kappa shape index (κ2) is 4.25. The molecular formula is C13H11NO3. The Bertz CT molecular complexity index is 605. The van der Waals surface area contributed by atoms with Gasteiger partial charge in [0.05, 0.1) is 0 Å². The van der Waals surface area contributed by atoms with Crippen molar-refractivity contribution in [2.75, 3.05) is 0 Å². The van der Waals surface area contributed by atoms with Crippen LogP contribution in [0, 0.1) is 0 Å². The van der Waals surface area contributed by atoms with Gasteiger partial charge in [0, 0.05) is 17.0 Å². The number of hydrogen-bond acceptors (Lipinski definition) is 4. The second-order valence-electron chi connectivity index (χ2n) is 3.67. The molecular weight excluding hydrogens is 218 g/mol. The molecule has 4 nitrogen and oxygen atoms in total. The molecule has 0 saturated heterocycles. The van der Waals surface area contributed by atoms with Crippen LogP contribution in [0.1, 0.15) is 6.92 Å². The molecule has 1 heterocycles. The molecule has 1 aromatic heterocycles. The summed E-state index contributed by atoms with van der Waals surface area (Å²) in [4.78, 5) is 15.4. The van der Waals surface area contributed by atoms with E-state index in [9.17, 15) is 9.90 Å². The average Bonchev–Trinajstić information content (AvgIpc) is 2.30. The molecule has 1 aromatic carbocycles. The largest absolute Gasteiger partial charge is 0.506 e. The van der Waals surface area contributed by atoms with E-state index in [-0.39, 0.29) is 11.6 Å². The van der Waals surface area contributed by atoms with E-state index in [0.717, 1.165) is 5.39 Å². The fourth-order valence-corrected chi connectivity index (χ4v) is 1.35. The fourth-order valence-electron chi connectivity index (χ4n) is 1.35. The normalized spacial score (nSPS) is 10.2. The molecule has 17 heavy (non-hydrogen) atoms. The van der Waals surface area contributed by atoms with E-state index >= 15 is 0 Å². The minimum atomic E-state index is -0.535. The summed E-state index contributed by atoms with van der Waals surface area (Å²) >= 11 is 0. The van der Waals surface area contributed by atoms with Crippen LogP contribution in [0.2, 0.25) is 0 Å². The zero-order chi connectivity index (χ0) is 12.4. The summed E-state index contributed by atoms with van der Waals surface area (Å²) in [5, 5.41) is 10.4. The lowest BCUT2D eigenvalue weighted by Crippen LogP contribution is -2.09. The smallest absolute Gasteiger partial charge is 0.339 e. The molecule has 1 N–H and O–H groups in total. The maximum Gasteiger partial charge on any atom is 0.339 e. The highest BCUT2D eigenvalue weighted by Crippen LogP contribution is 2.24. The van der Waals surface area contributed by atoms with E-state index in [1.807, 2.05) is 6.07 Å². The summed E-state index contributed by atoms with van der Waals surface area (Å²) in [6.45, 7) is 5.04. The molecule has 0 fully saturated rings. The number of phenols is 1. The quantitative estimate of drug-likeness (QED) is 0.634. The zero-order valence-electron chi connectivity index (χ0n) is 9.30. The number of ether oxygens (including phenoxy) is 1. The molecule has 0 amide bonds. The van der Waals surface area contributed by atoms with Crippen LogP contribution in [0.3, 0.4) is 0 Å². The Labute approximate surface area is 98.2 Å². The van der Waals surface area contributed by atoms with Crippen molar-refractivity contribution >= 4 is 16.9 Å². The molecule has 2 aromatic rings. The third-order valence-corrected chi connectivity index (χ3v) is 2.22. The van der Waals surface area contributed by atoms with Gasteiger partial charge in [0.25, 0.3) is 0 Å². The van der Waals surface area contributed by atoms with Crippen LogP contribution < -0.4 is 4.74 Å². The Balaban J connectivity index is 2.41. The van der Waals surface area contributed by atoms with Crippen LogP contribution >= 0.6 is 0 Å². The van der Waals surface area contributed by atoms with Crippen molar-refractivity contribution in [2.24, 2.45) is 0 Å². The molecule has 4 heteroatoms. The van der Waals surface area contributed by atoms with Crippen LogP contribution in [0.4, 0.5) is 0 Å². The molecule has 0 aliphatic heterocycles. The number of benzene rings is 1. The molecule has 86 valence electrons. The highest BCUT2D eigenvalue weighted by atomic mass is 16.5. The maximum absolute atomic E-state index is 11.3. The molecule has 0 aliphatic carbocycles. The predicted octanol–water partition coefficient (Wildman–Crippen LogP) is 2.42. The van der Waals surface area contributed by atoms with Gasteiger partial charge in [-0.05, 0) is 19.1 Å². The lowest BCUT2D eigenvalue weighted by atomic mass is 10.2. The lowest BCUT2D eigenvalue weighted by Gasteiger charge is -2.05. The number of fused-ring (bicyclic) bond motifs is 1. The fraction of sp³-hybridized carbons (Fsp3) is 0.0769. The molecule has 0 saturated carbocycles. The summed E-state index contributed by atoms with van der Waals surface area (Å²) in [6.07, 6.45) is 0. The third kappa shape index (κ3) is 2.25. The molecule has 0 bridgehead atoms. The first-order valence-corrected chi connectivity index (χ1v) is 5.04. The van der Waals surface area contributed by atoms with Gasteiger partial charge in [-0.3, -0.25) is 0 Å². The number of phenolic OH excluding ortho intramolecular Hbond substituents is 1. The van der Waals surface area contributed by atoms with Gasteiger partial charge in [-0.2, -0.15) is 0 Å². The standard InChI is InChI=1S/C13H11NO3/c1-8(2)13(16)17-11-7-6-9-4-3-5-10(15)12(9)14-11/h3-7,15H,1H2,2H3. The van der Waals surface area contributed by atoms with Crippen LogP contribution in [0.15, 0.2) is 42.5 Å². The number of nitrogens with zero attached hydrogens (tertiary/aromatic N) is 1. The van der Waals surface area contributed by atoms with Crippen molar-refractivity contribution in [3.05, 3.63) is 42.5 Å². The lowest BCUT2D eigenvalue weighted by molar-refractivity contribution is -0.130. The first-order chi connectivity index (χ1) is 8.08. The van der Waals surface area contributed by atoms with Crippen LogP contribution in [-0.2, 0) is 4.79 Å². The summed E-state index contributed by atoms with van der Waals surface area (Å²) in [5.41, 5.74) is 0.698. The van der Waals surface area contributed by atoms with Crippen molar-refractivity contribution < 1.29 is 14.6 Å². The Hall–Kier alpha value is -2.36. The number of carbonyl (C=O) groups excluding carboxylic acids is 1. The summed E-state index contributed by atoms with van der Waals surface area (Å²) in [6, 6.07) is 8.36. The van der Waals surface area contributed by atoms with Gasteiger partial charge in [-0.25, -0.2) is 9.78 Å². The zero-order valence-corrected chi connectivity index (χ0v) is 9.30. The number of aromatic hydroxyl groups is 1. The van der Waals surface area contributed by atoms with Crippen LogP contribution in [0.25, 0.3) is 10.9 Å². The molecule has 0 radical (unpaired) electrons. The number of carbonyl (C=O) groups is 1. The minimum absolute atomic E-state index is 0.0516. The van der Waals surface area contributed by atoms with Gasteiger partial charge in [-0.1, -0.05) is 18.7 Å². The van der Waals surface area contributed by atoms with E-state index in [1.54, 1.807) is 25.1 Å². The van der Waals surface area contributed by atoms with Gasteiger partial charge in [-0.15, -0.1) is 0 Å². The van der Waals surface area contributed by atoms with Gasteiger partial charge in [0.1, 0.15) is 11.3 Å². The maximum atomic E-state index is 11.3. The van der Waals surface area contributed by atoms with Crippen molar-refractivity contribution in [1.29, 1.82) is 0 Å². The number of rotatable bonds is 2. The van der Waals surface area contributed by atoms with E-state index < -0.39 is 5.97 Å². The summed E-state index contributed by atoms with van der Waals surface area (Å²) in [7, 11) is 0. The molecule has 0 aliphatic rings. The monoisotopic (exact) mass is 229 g/mol. The van der Waals surface area contributed by atoms with Crippen molar-refractivity contribution in [3.63, 3.8) is 0 Å². The van der Waals surface area contributed by atoms with Gasteiger partial charge in [0.15, 0.2) is 0 Å². The second-order valence-corrected chi connectivity index (χ2v) is 3.67. The van der Waals surface area contributed by atoms with Crippen molar-refractivity contribution in [3.8, 4) is 11.6 Å². The predicted molar refractivity (Wildman–Crippen MR) is 63.9 cm³/mol. The first-order valence-electron chi connectivity index (χ1n) is 5.04. The van der Waals surface area contributed by atoms with E-state index in [0.29, 0.717) is 11.1 Å². The van der Waals surface area contributed by atoms with Crippen molar-refractivity contribution in [1.82, 2.24) is 4.98 Å². The molecule has 0 unspecified atom stereocenters. The SMILES string of the molecule is C=C(C)C(=O)Oc1ccc2cccc(O)c2n1. The molecule has 0 spiro atoms. The number of esters is 1. The van der Waals surface area contributed by atoms with Crippen LogP contribution in [-0.4, -0.2) is 16.1 Å². The molecule has 2 rings (SSSR count). The average molecular weight is 229 g/mol.